The Kier molecular flexibility index (Phi) is 7.40. The molecule has 3 aromatic carbocycles. The number of benzene rings is 3. The zero-order valence-electron chi connectivity index (χ0n) is 16.9. The summed E-state index contributed by atoms with van der Waals surface area (Å²) in [6.07, 6.45) is 1.49. The number of ether oxygens (including phenoxy) is 2. The predicted molar refractivity (Wildman–Crippen MR) is 123 cm³/mol. The maximum atomic E-state index is 12.3. The van der Waals surface area contributed by atoms with Crippen molar-refractivity contribution in [1.82, 2.24) is 5.43 Å². The van der Waals surface area contributed by atoms with Gasteiger partial charge in [0, 0.05) is 32.9 Å². The Balaban J connectivity index is 1.59. The summed E-state index contributed by atoms with van der Waals surface area (Å²) >= 11 is 3.34. The van der Waals surface area contributed by atoms with Gasteiger partial charge in [0.15, 0.2) is 0 Å². The molecule has 158 valence electrons. The van der Waals surface area contributed by atoms with Crippen LogP contribution >= 0.6 is 15.9 Å². The number of methoxy groups -OCH3 is 2. The lowest BCUT2D eigenvalue weighted by atomic mass is 10.1. The molecule has 2 N–H and O–H groups in total. The van der Waals surface area contributed by atoms with Crippen molar-refractivity contribution in [3.8, 4) is 11.5 Å². The van der Waals surface area contributed by atoms with E-state index in [0.29, 0.717) is 33.9 Å². The first-order valence-electron chi connectivity index (χ1n) is 9.22. The van der Waals surface area contributed by atoms with Crippen LogP contribution in [0.3, 0.4) is 0 Å². The van der Waals surface area contributed by atoms with Gasteiger partial charge in [0.2, 0.25) is 0 Å². The second-order valence-electron chi connectivity index (χ2n) is 6.35. The summed E-state index contributed by atoms with van der Waals surface area (Å²) < 4.78 is 11.3. The summed E-state index contributed by atoms with van der Waals surface area (Å²) in [6.45, 7) is 0. The Labute approximate surface area is 188 Å². The van der Waals surface area contributed by atoms with Crippen LogP contribution < -0.4 is 20.2 Å². The molecular weight excluding hydrogens is 462 g/mol. The van der Waals surface area contributed by atoms with Crippen LogP contribution in [0.1, 0.15) is 26.3 Å². The standard InChI is InChI=1S/C23H20BrN3O4/c1-30-20-12-7-17(21(13-20)31-2)14-25-27-23(29)16-5-10-19(11-6-16)26-22(28)15-3-8-18(24)9-4-15/h3-14H,1-2H3,(H,26,28)(H,27,29)/b25-14-. The molecule has 0 saturated carbocycles. The molecular formula is C23H20BrN3O4. The van der Waals surface area contributed by atoms with Gasteiger partial charge in [-0.1, -0.05) is 15.9 Å². The van der Waals surface area contributed by atoms with Crippen LogP contribution in [0.5, 0.6) is 11.5 Å². The third-order valence-corrected chi connectivity index (χ3v) is 4.85. The van der Waals surface area contributed by atoms with Crippen LogP contribution in [-0.4, -0.2) is 32.2 Å². The van der Waals surface area contributed by atoms with Crippen LogP contribution in [0.15, 0.2) is 76.3 Å². The van der Waals surface area contributed by atoms with E-state index in [0.717, 1.165) is 4.47 Å². The fraction of sp³-hybridized carbons (Fsp3) is 0.0870. The highest BCUT2D eigenvalue weighted by Crippen LogP contribution is 2.23. The van der Waals surface area contributed by atoms with E-state index in [2.05, 4.69) is 31.8 Å². The third-order valence-electron chi connectivity index (χ3n) is 4.32. The normalized spacial score (nSPS) is 10.5. The summed E-state index contributed by atoms with van der Waals surface area (Å²) in [5.74, 6) is 0.617. The number of hydrogen-bond acceptors (Lipinski definition) is 5. The van der Waals surface area contributed by atoms with E-state index in [1.165, 1.54) is 6.21 Å². The summed E-state index contributed by atoms with van der Waals surface area (Å²) in [4.78, 5) is 24.6. The highest BCUT2D eigenvalue weighted by molar-refractivity contribution is 9.10. The van der Waals surface area contributed by atoms with Crippen LogP contribution in [0.4, 0.5) is 5.69 Å². The Morgan fingerprint density at radius 3 is 2.16 bits per heavy atom. The van der Waals surface area contributed by atoms with Crippen molar-refractivity contribution < 1.29 is 19.1 Å². The van der Waals surface area contributed by atoms with Crippen LogP contribution in [-0.2, 0) is 0 Å². The average Bonchev–Trinajstić information content (AvgIpc) is 2.80. The highest BCUT2D eigenvalue weighted by Gasteiger charge is 2.08. The largest absolute Gasteiger partial charge is 0.497 e. The maximum Gasteiger partial charge on any atom is 0.271 e. The van der Waals surface area contributed by atoms with Gasteiger partial charge in [-0.15, -0.1) is 0 Å². The lowest BCUT2D eigenvalue weighted by Crippen LogP contribution is -2.18. The van der Waals surface area contributed by atoms with Crippen molar-refractivity contribution >= 4 is 39.6 Å². The van der Waals surface area contributed by atoms with Crippen molar-refractivity contribution in [3.63, 3.8) is 0 Å². The number of hydrazone groups is 1. The molecule has 2 amide bonds. The minimum atomic E-state index is -0.380. The first-order chi connectivity index (χ1) is 15.0. The lowest BCUT2D eigenvalue weighted by molar-refractivity contribution is 0.0954. The Morgan fingerprint density at radius 1 is 0.871 bits per heavy atom. The summed E-state index contributed by atoms with van der Waals surface area (Å²) in [5.41, 5.74) is 4.68. The zero-order valence-corrected chi connectivity index (χ0v) is 18.5. The first-order valence-corrected chi connectivity index (χ1v) is 10.0. The van der Waals surface area contributed by atoms with Crippen LogP contribution in [0, 0.1) is 0 Å². The van der Waals surface area contributed by atoms with E-state index in [9.17, 15) is 9.59 Å². The molecule has 31 heavy (non-hydrogen) atoms. The van der Waals surface area contributed by atoms with Gasteiger partial charge in [-0.2, -0.15) is 5.10 Å². The number of amides is 2. The summed E-state index contributed by atoms with van der Waals surface area (Å²) in [7, 11) is 3.11. The minimum absolute atomic E-state index is 0.234. The van der Waals surface area contributed by atoms with Gasteiger partial charge >= 0.3 is 0 Å². The van der Waals surface area contributed by atoms with E-state index in [1.54, 1.807) is 80.9 Å². The van der Waals surface area contributed by atoms with Gasteiger partial charge in [-0.05, 0) is 60.7 Å². The molecule has 0 aliphatic heterocycles. The van der Waals surface area contributed by atoms with E-state index in [1.807, 2.05) is 0 Å². The smallest absolute Gasteiger partial charge is 0.271 e. The van der Waals surface area contributed by atoms with Gasteiger partial charge < -0.3 is 14.8 Å². The fourth-order valence-electron chi connectivity index (χ4n) is 2.66. The molecule has 0 saturated heterocycles. The van der Waals surface area contributed by atoms with Crippen molar-refractivity contribution in [2.24, 2.45) is 5.10 Å². The number of nitrogens with one attached hydrogen (secondary N) is 2. The SMILES string of the molecule is COc1ccc(/C=N\NC(=O)c2ccc(NC(=O)c3ccc(Br)cc3)cc2)c(OC)c1. The monoisotopic (exact) mass is 481 g/mol. The molecule has 0 unspecified atom stereocenters. The number of anilines is 1. The molecule has 0 aromatic heterocycles. The molecule has 0 spiro atoms. The molecule has 0 aliphatic carbocycles. The topological polar surface area (TPSA) is 89.0 Å². The second-order valence-corrected chi connectivity index (χ2v) is 7.26. The Bertz CT molecular complexity index is 1100. The van der Waals surface area contributed by atoms with Crippen LogP contribution in [0.2, 0.25) is 0 Å². The molecule has 0 aliphatic rings. The molecule has 0 fully saturated rings. The quantitative estimate of drug-likeness (QED) is 0.384. The first kappa shape index (κ1) is 22.0. The van der Waals surface area contributed by atoms with Gasteiger partial charge in [0.25, 0.3) is 11.8 Å². The predicted octanol–water partition coefficient (Wildman–Crippen LogP) is 4.48. The molecule has 0 bridgehead atoms. The number of rotatable bonds is 7. The van der Waals surface area contributed by atoms with E-state index in [-0.39, 0.29) is 11.8 Å². The van der Waals surface area contributed by atoms with E-state index in [4.69, 9.17) is 9.47 Å². The number of hydrogen-bond donors (Lipinski definition) is 2. The van der Waals surface area contributed by atoms with Crippen molar-refractivity contribution in [3.05, 3.63) is 87.9 Å². The van der Waals surface area contributed by atoms with E-state index >= 15 is 0 Å². The third kappa shape index (κ3) is 5.93. The Hall–Kier alpha value is -3.65. The maximum absolute atomic E-state index is 12.3. The minimum Gasteiger partial charge on any atom is -0.497 e. The van der Waals surface area contributed by atoms with Gasteiger partial charge in [0.1, 0.15) is 11.5 Å². The number of carbonyl (C=O) groups excluding carboxylic acids is 2. The van der Waals surface area contributed by atoms with E-state index < -0.39 is 0 Å². The molecule has 3 rings (SSSR count). The molecule has 0 atom stereocenters. The van der Waals surface area contributed by atoms with Crippen molar-refractivity contribution in [1.29, 1.82) is 0 Å². The van der Waals surface area contributed by atoms with Crippen LogP contribution in [0.25, 0.3) is 0 Å². The average molecular weight is 482 g/mol. The lowest BCUT2D eigenvalue weighted by Gasteiger charge is -2.07. The molecule has 0 radical (unpaired) electrons. The second kappa shape index (κ2) is 10.4. The van der Waals surface area contributed by atoms with Crippen molar-refractivity contribution in [2.45, 2.75) is 0 Å². The molecule has 7 nitrogen and oxygen atoms in total. The summed E-state index contributed by atoms with van der Waals surface area (Å²) in [5, 5.41) is 6.77. The van der Waals surface area contributed by atoms with Gasteiger partial charge in [0.05, 0.1) is 20.4 Å². The molecule has 8 heteroatoms. The summed E-state index contributed by atoms with van der Waals surface area (Å²) in [6, 6.07) is 18.8. The fourth-order valence-corrected chi connectivity index (χ4v) is 2.92. The number of carbonyl (C=O) groups is 2. The number of halogens is 1. The Morgan fingerprint density at radius 2 is 1.52 bits per heavy atom. The number of nitrogens with zero attached hydrogens (tertiary/aromatic N) is 1. The van der Waals surface area contributed by atoms with Gasteiger partial charge in [-0.25, -0.2) is 5.43 Å². The zero-order chi connectivity index (χ0) is 22.2. The highest BCUT2D eigenvalue weighted by atomic mass is 79.9. The molecule has 0 heterocycles. The van der Waals surface area contributed by atoms with Gasteiger partial charge in [-0.3, -0.25) is 9.59 Å². The van der Waals surface area contributed by atoms with Crippen molar-refractivity contribution in [2.75, 3.05) is 19.5 Å². The molecule has 3 aromatic rings.